The van der Waals surface area contributed by atoms with Crippen LogP contribution in [0.2, 0.25) is 0 Å². The van der Waals surface area contributed by atoms with Crippen molar-refractivity contribution in [1.29, 1.82) is 0 Å². The zero-order valence-corrected chi connectivity index (χ0v) is 24.2. The van der Waals surface area contributed by atoms with Crippen LogP contribution >= 0.6 is 0 Å². The van der Waals surface area contributed by atoms with Crippen LogP contribution in [0.15, 0.2) is 35.3 Å². The lowest BCUT2D eigenvalue weighted by molar-refractivity contribution is 0.170. The highest BCUT2D eigenvalue weighted by molar-refractivity contribution is 5.96. The van der Waals surface area contributed by atoms with Gasteiger partial charge in [-0.1, -0.05) is 20.8 Å². The molecule has 4 rings (SSSR count). The summed E-state index contributed by atoms with van der Waals surface area (Å²) in [5.74, 6) is 0. The predicted molar refractivity (Wildman–Crippen MR) is 157 cm³/mol. The fourth-order valence-electron chi connectivity index (χ4n) is 5.97. The molecule has 3 aromatic rings. The summed E-state index contributed by atoms with van der Waals surface area (Å²) in [6.07, 6.45) is 5.78. The van der Waals surface area contributed by atoms with E-state index in [2.05, 4.69) is 80.6 Å². The molecule has 0 aliphatic carbocycles. The molecule has 1 N–H and O–H groups in total. The van der Waals surface area contributed by atoms with Crippen LogP contribution in [0.25, 0.3) is 10.8 Å². The second kappa shape index (κ2) is 11.0. The summed E-state index contributed by atoms with van der Waals surface area (Å²) in [7, 11) is 0. The van der Waals surface area contributed by atoms with Crippen molar-refractivity contribution in [3.63, 3.8) is 0 Å². The van der Waals surface area contributed by atoms with Gasteiger partial charge in [-0.25, -0.2) is 0 Å². The summed E-state index contributed by atoms with van der Waals surface area (Å²) in [6, 6.07) is 10.2. The molecular formula is C32H46N4O. The number of anilines is 1. The van der Waals surface area contributed by atoms with Gasteiger partial charge >= 0.3 is 0 Å². The molecule has 1 aliphatic heterocycles. The van der Waals surface area contributed by atoms with Gasteiger partial charge < -0.3 is 14.8 Å². The summed E-state index contributed by atoms with van der Waals surface area (Å²) in [5, 5.41) is 2.50. The number of benzene rings is 1. The largest absolute Gasteiger partial charge is 0.368 e. The van der Waals surface area contributed by atoms with Gasteiger partial charge in [0, 0.05) is 71.3 Å². The monoisotopic (exact) mass is 502 g/mol. The second-order valence-corrected chi connectivity index (χ2v) is 12.2. The highest BCUT2D eigenvalue weighted by atomic mass is 16.1. The minimum atomic E-state index is 0.0266. The van der Waals surface area contributed by atoms with E-state index < -0.39 is 0 Å². The van der Waals surface area contributed by atoms with E-state index in [1.807, 2.05) is 20.0 Å². The second-order valence-electron chi connectivity index (χ2n) is 12.2. The third-order valence-corrected chi connectivity index (χ3v) is 8.23. The number of nitrogens with one attached hydrogen (secondary N) is 1. The molecule has 5 nitrogen and oxygen atoms in total. The Balaban J connectivity index is 1.75. The van der Waals surface area contributed by atoms with Gasteiger partial charge in [0.2, 0.25) is 0 Å². The number of hydrogen-bond donors (Lipinski definition) is 1. The molecule has 0 unspecified atom stereocenters. The zero-order valence-electron chi connectivity index (χ0n) is 24.2. The SMILES string of the molecule is CCN(c1cc(C(C)(C)C)cc2c(CCc3c(C)cc(C)[nH]c3=O)nccc12)C1CCN(C(C)C)CC1. The van der Waals surface area contributed by atoms with Gasteiger partial charge in [-0.3, -0.25) is 9.78 Å². The number of aromatic nitrogens is 2. The van der Waals surface area contributed by atoms with Gasteiger partial charge in [0.25, 0.3) is 5.56 Å². The maximum atomic E-state index is 12.7. The van der Waals surface area contributed by atoms with E-state index in [9.17, 15) is 4.79 Å². The van der Waals surface area contributed by atoms with E-state index >= 15 is 0 Å². The van der Waals surface area contributed by atoms with E-state index in [0.717, 1.165) is 48.6 Å². The van der Waals surface area contributed by atoms with E-state index in [1.165, 1.54) is 34.9 Å². The number of rotatable bonds is 7. The lowest BCUT2D eigenvalue weighted by atomic mass is 9.84. The van der Waals surface area contributed by atoms with Crippen LogP contribution in [-0.2, 0) is 18.3 Å². The van der Waals surface area contributed by atoms with E-state index in [4.69, 9.17) is 4.98 Å². The van der Waals surface area contributed by atoms with Crippen molar-refractivity contribution in [3.8, 4) is 0 Å². The smallest absolute Gasteiger partial charge is 0.251 e. The number of nitrogens with zero attached hydrogens (tertiary/aromatic N) is 3. The average molecular weight is 503 g/mol. The van der Waals surface area contributed by atoms with Crippen LogP contribution in [0.3, 0.4) is 0 Å². The Morgan fingerprint density at radius 1 is 1.08 bits per heavy atom. The first-order valence-corrected chi connectivity index (χ1v) is 14.1. The lowest BCUT2D eigenvalue weighted by Crippen LogP contribution is -2.47. The summed E-state index contributed by atoms with van der Waals surface area (Å²) in [6.45, 7) is 21.1. The summed E-state index contributed by atoms with van der Waals surface area (Å²) in [4.78, 5) is 25.7. The molecule has 1 fully saturated rings. The highest BCUT2D eigenvalue weighted by Gasteiger charge is 2.27. The van der Waals surface area contributed by atoms with Crippen LogP contribution in [0.4, 0.5) is 5.69 Å². The van der Waals surface area contributed by atoms with Crippen molar-refractivity contribution < 1.29 is 0 Å². The van der Waals surface area contributed by atoms with Crippen molar-refractivity contribution in [1.82, 2.24) is 14.9 Å². The van der Waals surface area contributed by atoms with Crippen molar-refractivity contribution in [2.24, 2.45) is 0 Å². The average Bonchev–Trinajstić information content (AvgIpc) is 2.83. The molecule has 0 amide bonds. The minimum Gasteiger partial charge on any atom is -0.368 e. The number of hydrogen-bond acceptors (Lipinski definition) is 4. The van der Waals surface area contributed by atoms with Gasteiger partial charge in [0.15, 0.2) is 0 Å². The third-order valence-electron chi connectivity index (χ3n) is 8.23. The maximum absolute atomic E-state index is 12.7. The molecule has 1 aromatic carbocycles. The highest BCUT2D eigenvalue weighted by Crippen LogP contribution is 2.37. The first kappa shape index (κ1) is 27.4. The molecule has 0 radical (unpaired) electrons. The Bertz CT molecular complexity index is 1290. The molecule has 0 bridgehead atoms. The minimum absolute atomic E-state index is 0.0266. The number of pyridine rings is 2. The molecule has 1 aliphatic rings. The molecule has 3 heterocycles. The molecule has 2 aromatic heterocycles. The fourth-order valence-corrected chi connectivity index (χ4v) is 5.97. The summed E-state index contributed by atoms with van der Waals surface area (Å²) < 4.78 is 0. The van der Waals surface area contributed by atoms with E-state index in [0.29, 0.717) is 18.5 Å². The molecule has 0 spiro atoms. The zero-order chi connectivity index (χ0) is 26.9. The Morgan fingerprint density at radius 3 is 2.38 bits per heavy atom. The van der Waals surface area contributed by atoms with Crippen LogP contribution in [0.5, 0.6) is 0 Å². The summed E-state index contributed by atoms with van der Waals surface area (Å²) >= 11 is 0. The molecule has 1 saturated heterocycles. The van der Waals surface area contributed by atoms with Crippen molar-refractivity contribution >= 4 is 16.5 Å². The lowest BCUT2D eigenvalue weighted by Gasteiger charge is -2.41. The van der Waals surface area contributed by atoms with E-state index in [1.54, 1.807) is 0 Å². The van der Waals surface area contributed by atoms with Crippen LogP contribution in [0, 0.1) is 13.8 Å². The predicted octanol–water partition coefficient (Wildman–Crippen LogP) is 6.32. The molecule has 5 heteroatoms. The number of fused-ring (bicyclic) bond motifs is 1. The number of aromatic amines is 1. The van der Waals surface area contributed by atoms with Crippen LogP contribution < -0.4 is 10.5 Å². The first-order chi connectivity index (χ1) is 17.5. The first-order valence-electron chi connectivity index (χ1n) is 14.1. The quantitative estimate of drug-likeness (QED) is 0.411. The van der Waals surface area contributed by atoms with E-state index in [-0.39, 0.29) is 11.0 Å². The Labute approximate surface area is 223 Å². The number of likely N-dealkylation sites (tertiary alicyclic amines) is 1. The number of piperidine rings is 1. The van der Waals surface area contributed by atoms with Crippen molar-refractivity contribution in [2.45, 2.75) is 98.6 Å². The van der Waals surface area contributed by atoms with Gasteiger partial charge in [-0.05, 0) is 101 Å². The molecular weight excluding hydrogens is 456 g/mol. The standard InChI is InChI=1S/C32H46N4O/c1-9-36(25-13-16-35(17-14-25)21(2)3)30-20-24(32(6,7)8)19-28-27(30)12-15-33-29(28)11-10-26-22(4)18-23(5)34-31(26)37/h12,15,18-21,25H,9-11,13-14,16-17H2,1-8H3,(H,34,37). The molecule has 0 atom stereocenters. The third kappa shape index (κ3) is 5.93. The van der Waals surface area contributed by atoms with Gasteiger partial charge in [-0.15, -0.1) is 0 Å². The maximum Gasteiger partial charge on any atom is 0.251 e. The van der Waals surface area contributed by atoms with Crippen molar-refractivity contribution in [2.75, 3.05) is 24.5 Å². The Morgan fingerprint density at radius 2 is 1.78 bits per heavy atom. The number of aryl methyl sites for hydroxylation is 3. The Hall–Kier alpha value is -2.66. The van der Waals surface area contributed by atoms with Gasteiger partial charge in [0.05, 0.1) is 0 Å². The fraction of sp³-hybridized carbons (Fsp3) is 0.562. The van der Waals surface area contributed by atoms with Crippen LogP contribution in [0.1, 0.15) is 82.5 Å². The normalized spacial score (nSPS) is 15.6. The Kier molecular flexibility index (Phi) is 8.13. The summed E-state index contributed by atoms with van der Waals surface area (Å²) in [5.41, 5.74) is 6.64. The van der Waals surface area contributed by atoms with Crippen molar-refractivity contribution in [3.05, 3.63) is 68.9 Å². The molecule has 37 heavy (non-hydrogen) atoms. The number of H-pyrrole nitrogens is 1. The molecule has 0 saturated carbocycles. The molecule has 200 valence electrons. The van der Waals surface area contributed by atoms with Crippen LogP contribution in [-0.4, -0.2) is 46.6 Å². The van der Waals surface area contributed by atoms with Gasteiger partial charge in [0.1, 0.15) is 0 Å². The topological polar surface area (TPSA) is 52.2 Å². The van der Waals surface area contributed by atoms with Gasteiger partial charge in [-0.2, -0.15) is 0 Å².